The molecule has 0 aromatic heterocycles. The summed E-state index contributed by atoms with van der Waals surface area (Å²) in [6.07, 6.45) is 1.27. The van der Waals surface area contributed by atoms with E-state index in [0.717, 1.165) is 4.47 Å². The highest BCUT2D eigenvalue weighted by Crippen LogP contribution is 2.24. The first kappa shape index (κ1) is 20.0. The lowest BCUT2D eigenvalue weighted by atomic mass is 9.99. The fraction of sp³-hybridized carbons (Fsp3) is 0.316. The van der Waals surface area contributed by atoms with Gasteiger partial charge in [-0.1, -0.05) is 34.1 Å². The van der Waals surface area contributed by atoms with Gasteiger partial charge in [-0.25, -0.2) is 17.1 Å². The number of anilines is 1. The van der Waals surface area contributed by atoms with E-state index < -0.39 is 21.8 Å². The summed E-state index contributed by atoms with van der Waals surface area (Å²) in [5, 5.41) is 2.85. The lowest BCUT2D eigenvalue weighted by Crippen LogP contribution is -2.44. The average molecular weight is 455 g/mol. The molecule has 0 unspecified atom stereocenters. The molecular weight excluding hydrogens is 435 g/mol. The van der Waals surface area contributed by atoms with Crippen molar-refractivity contribution in [3.63, 3.8) is 0 Å². The van der Waals surface area contributed by atoms with Gasteiger partial charge in [0.1, 0.15) is 5.82 Å². The van der Waals surface area contributed by atoms with Gasteiger partial charge in [-0.2, -0.15) is 0 Å². The minimum atomic E-state index is -3.57. The molecule has 2 aromatic carbocycles. The van der Waals surface area contributed by atoms with Crippen molar-refractivity contribution in [2.24, 2.45) is 5.92 Å². The van der Waals surface area contributed by atoms with Crippen molar-refractivity contribution in [3.8, 4) is 0 Å². The van der Waals surface area contributed by atoms with Crippen molar-refractivity contribution in [2.45, 2.75) is 18.6 Å². The molecule has 1 aliphatic heterocycles. The number of amides is 1. The monoisotopic (exact) mass is 454 g/mol. The number of hydrogen-bond donors (Lipinski definition) is 1. The maximum atomic E-state index is 13.0. The molecule has 0 aliphatic carbocycles. The average Bonchev–Trinajstić information content (AvgIpc) is 2.63. The van der Waals surface area contributed by atoms with Gasteiger partial charge in [0.25, 0.3) is 0 Å². The zero-order chi connectivity index (χ0) is 19.4. The maximum absolute atomic E-state index is 13.0. The van der Waals surface area contributed by atoms with Crippen molar-refractivity contribution in [1.29, 1.82) is 0 Å². The van der Waals surface area contributed by atoms with E-state index in [-0.39, 0.29) is 18.2 Å². The molecule has 0 saturated carbocycles. The molecule has 0 bridgehead atoms. The van der Waals surface area contributed by atoms with Crippen molar-refractivity contribution in [2.75, 3.05) is 18.4 Å². The lowest BCUT2D eigenvalue weighted by molar-refractivity contribution is -0.120. The molecule has 1 heterocycles. The first-order valence-corrected chi connectivity index (χ1v) is 11.0. The van der Waals surface area contributed by atoms with Crippen LogP contribution in [-0.4, -0.2) is 31.7 Å². The Morgan fingerprint density at radius 2 is 1.96 bits per heavy atom. The Bertz CT molecular complexity index is 919. The first-order chi connectivity index (χ1) is 12.8. The molecule has 27 heavy (non-hydrogen) atoms. The number of benzene rings is 2. The van der Waals surface area contributed by atoms with Gasteiger partial charge < -0.3 is 5.32 Å². The molecule has 144 valence electrons. The van der Waals surface area contributed by atoms with E-state index in [4.69, 9.17) is 0 Å². The summed E-state index contributed by atoms with van der Waals surface area (Å²) < 4.78 is 40.6. The predicted molar refractivity (Wildman–Crippen MR) is 106 cm³/mol. The summed E-state index contributed by atoms with van der Waals surface area (Å²) in [6.45, 7) is 0.549. The topological polar surface area (TPSA) is 66.5 Å². The van der Waals surface area contributed by atoms with Crippen molar-refractivity contribution < 1.29 is 17.6 Å². The number of piperidine rings is 1. The van der Waals surface area contributed by atoms with Crippen LogP contribution >= 0.6 is 15.9 Å². The number of carbonyl (C=O) groups excluding carboxylic acids is 1. The van der Waals surface area contributed by atoms with Crippen molar-refractivity contribution in [3.05, 3.63) is 64.4 Å². The normalized spacial score (nSPS) is 18.2. The number of rotatable bonds is 5. The van der Waals surface area contributed by atoms with E-state index >= 15 is 0 Å². The van der Waals surface area contributed by atoms with Gasteiger partial charge in [0.05, 0.1) is 11.7 Å². The molecule has 1 N–H and O–H groups in total. The highest BCUT2D eigenvalue weighted by Gasteiger charge is 2.32. The van der Waals surface area contributed by atoms with Crippen LogP contribution in [0, 0.1) is 11.7 Å². The third kappa shape index (κ3) is 5.37. The summed E-state index contributed by atoms with van der Waals surface area (Å²) in [5.74, 6) is -1.19. The van der Waals surface area contributed by atoms with E-state index in [1.54, 1.807) is 12.1 Å². The van der Waals surface area contributed by atoms with Crippen LogP contribution in [0.2, 0.25) is 0 Å². The maximum Gasteiger partial charge on any atom is 0.228 e. The minimum absolute atomic E-state index is 0.156. The molecule has 0 radical (unpaired) electrons. The first-order valence-electron chi connectivity index (χ1n) is 8.62. The van der Waals surface area contributed by atoms with Crippen LogP contribution in [0.15, 0.2) is 53.0 Å². The molecular formula is C19H20BrFN2O3S. The number of halogens is 2. The molecule has 1 saturated heterocycles. The Balaban J connectivity index is 1.65. The molecule has 1 amide bonds. The minimum Gasteiger partial charge on any atom is -0.326 e. The van der Waals surface area contributed by atoms with Crippen LogP contribution in [-0.2, 0) is 20.6 Å². The Kier molecular flexibility index (Phi) is 6.29. The van der Waals surface area contributed by atoms with Gasteiger partial charge in [-0.3, -0.25) is 4.79 Å². The third-order valence-corrected chi connectivity index (χ3v) is 6.81. The van der Waals surface area contributed by atoms with Crippen LogP contribution < -0.4 is 5.32 Å². The fourth-order valence-electron chi connectivity index (χ4n) is 3.10. The second-order valence-electron chi connectivity index (χ2n) is 6.58. The van der Waals surface area contributed by atoms with Gasteiger partial charge in [0.2, 0.25) is 15.9 Å². The Morgan fingerprint density at radius 1 is 1.22 bits per heavy atom. The zero-order valence-electron chi connectivity index (χ0n) is 14.6. The number of carbonyl (C=O) groups is 1. The van der Waals surface area contributed by atoms with E-state index in [1.807, 2.05) is 12.1 Å². The highest BCUT2D eigenvalue weighted by molar-refractivity contribution is 9.10. The third-order valence-electron chi connectivity index (χ3n) is 4.50. The zero-order valence-corrected chi connectivity index (χ0v) is 17.0. The number of nitrogens with zero attached hydrogens (tertiary/aromatic N) is 1. The summed E-state index contributed by atoms with van der Waals surface area (Å²) in [7, 11) is -3.57. The second-order valence-corrected chi connectivity index (χ2v) is 9.46. The van der Waals surface area contributed by atoms with Crippen molar-refractivity contribution in [1.82, 2.24) is 4.31 Å². The molecule has 1 atom stereocenters. The van der Waals surface area contributed by atoms with E-state index in [0.29, 0.717) is 30.6 Å². The van der Waals surface area contributed by atoms with Crippen molar-refractivity contribution >= 4 is 37.5 Å². The summed E-state index contributed by atoms with van der Waals surface area (Å²) in [6, 6.07) is 12.7. The summed E-state index contributed by atoms with van der Waals surface area (Å²) >= 11 is 3.36. The van der Waals surface area contributed by atoms with Crippen LogP contribution in [0.1, 0.15) is 18.4 Å². The number of hydrogen-bond acceptors (Lipinski definition) is 3. The van der Waals surface area contributed by atoms with Gasteiger partial charge in [0, 0.05) is 23.2 Å². The van der Waals surface area contributed by atoms with E-state index in [2.05, 4.69) is 21.2 Å². The smallest absolute Gasteiger partial charge is 0.228 e. The predicted octanol–water partition coefficient (Wildman–Crippen LogP) is 3.77. The molecule has 5 nitrogen and oxygen atoms in total. The highest BCUT2D eigenvalue weighted by atomic mass is 79.9. The lowest BCUT2D eigenvalue weighted by Gasteiger charge is -2.31. The molecule has 8 heteroatoms. The Labute approximate surface area is 166 Å². The summed E-state index contributed by atoms with van der Waals surface area (Å²) in [5.41, 5.74) is 1.19. The molecule has 2 aromatic rings. The standard InChI is InChI=1S/C19H20BrFN2O3S/c20-16-4-1-5-18(11-16)22-19(24)15-3-2-10-23(12-15)27(25,26)13-14-6-8-17(21)9-7-14/h1,4-9,11,15H,2-3,10,12-13H2,(H,22,24)/t15-/m0/s1. The van der Waals surface area contributed by atoms with Gasteiger partial charge >= 0.3 is 0 Å². The fourth-order valence-corrected chi connectivity index (χ4v) is 5.11. The Hall–Kier alpha value is -1.77. The van der Waals surface area contributed by atoms with Gasteiger partial charge in [-0.05, 0) is 48.7 Å². The number of nitrogens with one attached hydrogen (secondary N) is 1. The van der Waals surface area contributed by atoms with Gasteiger partial charge in [-0.15, -0.1) is 0 Å². The summed E-state index contributed by atoms with van der Waals surface area (Å²) in [4.78, 5) is 12.6. The van der Waals surface area contributed by atoms with Crippen LogP contribution in [0.3, 0.4) is 0 Å². The largest absolute Gasteiger partial charge is 0.326 e. The number of sulfonamides is 1. The Morgan fingerprint density at radius 3 is 2.67 bits per heavy atom. The molecule has 0 spiro atoms. The molecule has 1 aliphatic rings. The quantitative estimate of drug-likeness (QED) is 0.747. The van der Waals surface area contributed by atoms with Crippen LogP contribution in [0.5, 0.6) is 0 Å². The SMILES string of the molecule is O=C(Nc1cccc(Br)c1)[C@H]1CCCN(S(=O)(=O)Cc2ccc(F)cc2)C1. The van der Waals surface area contributed by atoms with Crippen LogP contribution in [0.4, 0.5) is 10.1 Å². The van der Waals surface area contributed by atoms with Gasteiger partial charge in [0.15, 0.2) is 0 Å². The van der Waals surface area contributed by atoms with Crippen LogP contribution in [0.25, 0.3) is 0 Å². The molecule has 3 rings (SSSR count). The van der Waals surface area contributed by atoms with E-state index in [9.17, 15) is 17.6 Å². The molecule has 1 fully saturated rings. The second kappa shape index (κ2) is 8.50. The van der Waals surface area contributed by atoms with E-state index in [1.165, 1.54) is 28.6 Å².